The van der Waals surface area contributed by atoms with Crippen molar-refractivity contribution in [3.63, 3.8) is 0 Å². The number of carbonyl (C=O) groups excluding carboxylic acids is 1. The largest absolute Gasteiger partial charge is 0.495 e. The fraction of sp³-hybridized carbons (Fsp3) is 0.300. The van der Waals surface area contributed by atoms with E-state index in [1.165, 1.54) is 18.7 Å². The van der Waals surface area contributed by atoms with Crippen molar-refractivity contribution in [3.05, 3.63) is 65.2 Å². The first-order valence-corrected chi connectivity index (χ1v) is 8.23. The highest BCUT2D eigenvalue weighted by molar-refractivity contribution is 6.02. The van der Waals surface area contributed by atoms with E-state index in [1.54, 1.807) is 12.1 Å². The van der Waals surface area contributed by atoms with E-state index >= 15 is 0 Å². The maximum absolute atomic E-state index is 12.8. The van der Waals surface area contributed by atoms with Crippen LogP contribution in [0.5, 0.6) is 5.75 Å². The van der Waals surface area contributed by atoms with Gasteiger partial charge in [-0.25, -0.2) is 4.79 Å². The molecule has 0 radical (unpaired) electrons. The van der Waals surface area contributed by atoms with Gasteiger partial charge in [-0.3, -0.25) is 4.79 Å². The van der Waals surface area contributed by atoms with Gasteiger partial charge >= 0.3 is 5.97 Å². The average molecular weight is 339 g/mol. The molecule has 5 heteroatoms. The second-order valence-electron chi connectivity index (χ2n) is 6.57. The lowest BCUT2D eigenvalue weighted by molar-refractivity contribution is 0.0693. The zero-order chi connectivity index (χ0) is 18.0. The van der Waals surface area contributed by atoms with Gasteiger partial charge in [0.1, 0.15) is 11.3 Å². The number of nitrogens with one attached hydrogen (secondary N) is 1. The molecule has 0 bridgehead atoms. The number of carboxylic acid groups (broad SMARTS) is 1. The molecule has 2 aromatic carbocycles. The Morgan fingerprint density at radius 3 is 2.36 bits per heavy atom. The monoisotopic (exact) mass is 339 g/mol. The maximum atomic E-state index is 12.8. The fourth-order valence-corrected chi connectivity index (χ4v) is 3.31. The molecular formula is C20H21NO4. The first-order chi connectivity index (χ1) is 12.0. The van der Waals surface area contributed by atoms with E-state index in [0.29, 0.717) is 5.92 Å². The Hall–Kier alpha value is -2.82. The number of carboxylic acids is 1. The molecule has 0 unspecified atom stereocenters. The van der Waals surface area contributed by atoms with Crippen LogP contribution in [0.4, 0.5) is 0 Å². The summed E-state index contributed by atoms with van der Waals surface area (Å²) in [6, 6.07) is 14.6. The number of hydrogen-bond donors (Lipinski definition) is 2. The highest BCUT2D eigenvalue weighted by Gasteiger charge is 2.52. The van der Waals surface area contributed by atoms with Gasteiger partial charge in [0.25, 0.3) is 5.91 Å². The average Bonchev–Trinajstić information content (AvgIpc) is 3.22. The Bertz CT molecular complexity index is 803. The normalized spacial score (nSPS) is 21.4. The Labute approximate surface area is 146 Å². The third-order valence-electron chi connectivity index (χ3n) is 4.87. The molecule has 2 aromatic rings. The van der Waals surface area contributed by atoms with Gasteiger partial charge in [-0.1, -0.05) is 43.3 Å². The molecule has 130 valence electrons. The number of ether oxygens (including phenoxy) is 1. The van der Waals surface area contributed by atoms with Crippen LogP contribution >= 0.6 is 0 Å². The zero-order valence-corrected chi connectivity index (χ0v) is 14.3. The highest BCUT2D eigenvalue weighted by atomic mass is 16.5. The molecule has 1 saturated carbocycles. The van der Waals surface area contributed by atoms with Crippen molar-refractivity contribution in [2.24, 2.45) is 5.92 Å². The smallest absolute Gasteiger partial charge is 0.339 e. The number of hydrogen-bond acceptors (Lipinski definition) is 3. The standard InChI is InChI=1S/C20H21NO4/c1-13-11-20(13,12-14-7-4-3-5-8-14)21-18(22)15-9-6-10-16(19(23)24)17(15)25-2/h3-10,13H,11-12H2,1-2H3,(H,21,22)(H,23,24)/t13-,20-/m1/s1. The van der Waals surface area contributed by atoms with Crippen molar-refractivity contribution >= 4 is 11.9 Å². The molecule has 2 N–H and O–H groups in total. The van der Waals surface area contributed by atoms with E-state index in [2.05, 4.69) is 12.2 Å². The lowest BCUT2D eigenvalue weighted by atomic mass is 10.0. The van der Waals surface area contributed by atoms with Gasteiger partial charge in [-0.15, -0.1) is 0 Å². The first kappa shape index (κ1) is 17.0. The molecule has 1 fully saturated rings. The molecule has 0 spiro atoms. The number of carbonyl (C=O) groups is 2. The van der Waals surface area contributed by atoms with Crippen molar-refractivity contribution in [1.82, 2.24) is 5.32 Å². The third-order valence-corrected chi connectivity index (χ3v) is 4.87. The molecule has 0 saturated heterocycles. The first-order valence-electron chi connectivity index (χ1n) is 8.23. The summed E-state index contributed by atoms with van der Waals surface area (Å²) in [5, 5.41) is 12.4. The van der Waals surface area contributed by atoms with Crippen molar-refractivity contribution in [3.8, 4) is 5.75 Å². The molecule has 1 aliphatic carbocycles. The van der Waals surface area contributed by atoms with Crippen molar-refractivity contribution in [2.75, 3.05) is 7.11 Å². The number of benzene rings is 2. The van der Waals surface area contributed by atoms with Gasteiger partial charge in [0.2, 0.25) is 0 Å². The molecule has 0 aromatic heterocycles. The van der Waals surface area contributed by atoms with Gasteiger partial charge in [-0.05, 0) is 36.5 Å². The summed E-state index contributed by atoms with van der Waals surface area (Å²) in [6.45, 7) is 2.11. The van der Waals surface area contributed by atoms with Gasteiger partial charge < -0.3 is 15.2 Å². The molecule has 3 rings (SSSR count). The second kappa shape index (κ2) is 6.59. The molecular weight excluding hydrogens is 318 g/mol. The van der Waals surface area contributed by atoms with E-state index in [0.717, 1.165) is 12.8 Å². The van der Waals surface area contributed by atoms with E-state index in [1.807, 2.05) is 30.3 Å². The number of methoxy groups -OCH3 is 1. The summed E-state index contributed by atoms with van der Waals surface area (Å²) in [5.41, 5.74) is 1.10. The van der Waals surface area contributed by atoms with E-state index in [9.17, 15) is 14.7 Å². The van der Waals surface area contributed by atoms with Crippen LogP contribution in [0.25, 0.3) is 0 Å². The summed E-state index contributed by atoms with van der Waals surface area (Å²) >= 11 is 0. The minimum Gasteiger partial charge on any atom is -0.495 e. The molecule has 2 atom stereocenters. The predicted molar refractivity (Wildman–Crippen MR) is 94.1 cm³/mol. The number of rotatable bonds is 6. The summed E-state index contributed by atoms with van der Waals surface area (Å²) in [4.78, 5) is 24.1. The third kappa shape index (κ3) is 3.36. The van der Waals surface area contributed by atoms with E-state index in [4.69, 9.17) is 4.74 Å². The molecule has 0 aliphatic heterocycles. The Balaban J connectivity index is 1.84. The predicted octanol–water partition coefficient (Wildman–Crippen LogP) is 3.14. The SMILES string of the molecule is COc1c(C(=O)O)cccc1C(=O)N[C@@]1(Cc2ccccc2)C[C@H]1C. The van der Waals surface area contributed by atoms with Gasteiger partial charge in [0.05, 0.1) is 12.7 Å². The number of aromatic carboxylic acids is 1. The lowest BCUT2D eigenvalue weighted by Crippen LogP contribution is -2.40. The van der Waals surface area contributed by atoms with Gasteiger partial charge in [0.15, 0.2) is 0 Å². The topological polar surface area (TPSA) is 75.6 Å². The lowest BCUT2D eigenvalue weighted by Gasteiger charge is -2.20. The van der Waals surface area contributed by atoms with E-state index in [-0.39, 0.29) is 28.3 Å². The van der Waals surface area contributed by atoms with Crippen LogP contribution in [-0.4, -0.2) is 29.6 Å². The fourth-order valence-electron chi connectivity index (χ4n) is 3.31. The summed E-state index contributed by atoms with van der Waals surface area (Å²) < 4.78 is 5.20. The minimum atomic E-state index is -1.12. The van der Waals surface area contributed by atoms with Crippen LogP contribution < -0.4 is 10.1 Å². The van der Waals surface area contributed by atoms with Crippen LogP contribution in [0.3, 0.4) is 0 Å². The Morgan fingerprint density at radius 1 is 1.16 bits per heavy atom. The minimum absolute atomic E-state index is 0.0175. The maximum Gasteiger partial charge on any atom is 0.339 e. The van der Waals surface area contributed by atoms with Gasteiger partial charge in [-0.2, -0.15) is 0 Å². The van der Waals surface area contributed by atoms with Crippen LogP contribution in [-0.2, 0) is 6.42 Å². The summed E-state index contributed by atoms with van der Waals surface area (Å²) in [5.74, 6) is -0.966. The van der Waals surface area contributed by atoms with Crippen LogP contribution in [0, 0.1) is 5.92 Å². The molecule has 25 heavy (non-hydrogen) atoms. The summed E-state index contributed by atoms with van der Waals surface area (Å²) in [7, 11) is 1.37. The highest BCUT2D eigenvalue weighted by Crippen LogP contribution is 2.46. The molecule has 0 heterocycles. The molecule has 1 amide bonds. The van der Waals surface area contributed by atoms with Crippen molar-refractivity contribution < 1.29 is 19.4 Å². The van der Waals surface area contributed by atoms with Crippen LogP contribution in [0.2, 0.25) is 0 Å². The van der Waals surface area contributed by atoms with Crippen LogP contribution in [0.1, 0.15) is 39.6 Å². The number of para-hydroxylation sites is 1. The van der Waals surface area contributed by atoms with Crippen molar-refractivity contribution in [1.29, 1.82) is 0 Å². The Morgan fingerprint density at radius 2 is 1.80 bits per heavy atom. The van der Waals surface area contributed by atoms with Crippen molar-refractivity contribution in [2.45, 2.75) is 25.3 Å². The van der Waals surface area contributed by atoms with Crippen LogP contribution in [0.15, 0.2) is 48.5 Å². The molecule has 5 nitrogen and oxygen atoms in total. The second-order valence-corrected chi connectivity index (χ2v) is 6.57. The Kier molecular flexibility index (Phi) is 4.49. The zero-order valence-electron chi connectivity index (χ0n) is 14.3. The quantitative estimate of drug-likeness (QED) is 0.848. The van der Waals surface area contributed by atoms with Gasteiger partial charge in [0, 0.05) is 5.54 Å². The van der Waals surface area contributed by atoms with E-state index < -0.39 is 5.97 Å². The molecule has 1 aliphatic rings. The number of amides is 1. The summed E-state index contributed by atoms with van der Waals surface area (Å²) in [6.07, 6.45) is 1.65.